The molecule has 0 amide bonds. The first-order chi connectivity index (χ1) is 11.5. The molecule has 3 rings (SSSR count). The van der Waals surface area contributed by atoms with E-state index in [0.29, 0.717) is 40.8 Å². The third-order valence-electron chi connectivity index (χ3n) is 4.01. The highest BCUT2D eigenvalue weighted by Crippen LogP contribution is 2.44. The first-order valence-electron chi connectivity index (χ1n) is 7.51. The number of nitrogens with zero attached hydrogens (tertiary/aromatic N) is 1. The summed E-state index contributed by atoms with van der Waals surface area (Å²) < 4.78 is 11.1. The maximum atomic E-state index is 12.5. The molecule has 2 aliphatic heterocycles. The zero-order chi connectivity index (χ0) is 17.4. The van der Waals surface area contributed by atoms with E-state index >= 15 is 0 Å². The fraction of sp³-hybridized carbons (Fsp3) is 0.467. The van der Waals surface area contributed by atoms with Crippen molar-refractivity contribution in [3.05, 3.63) is 32.3 Å². The number of allylic oxidation sites excluding steroid dienone is 1. The molecule has 1 atom stereocenters. The third kappa shape index (κ3) is 2.89. The number of carbonyl (C=O) groups excluding carboxylic acids is 2. The van der Waals surface area contributed by atoms with Gasteiger partial charge in [-0.3, -0.25) is 4.79 Å². The van der Waals surface area contributed by atoms with Crippen LogP contribution in [-0.4, -0.2) is 35.2 Å². The highest BCUT2D eigenvalue weighted by molar-refractivity contribution is 8.04. The smallest absolute Gasteiger partial charge is 0.341 e. The molecule has 2 N–H and O–H groups in total. The summed E-state index contributed by atoms with van der Waals surface area (Å²) in [5.41, 5.74) is 6.50. The topological polar surface area (TPSA) is 81.9 Å². The van der Waals surface area contributed by atoms with E-state index in [0.717, 1.165) is 0 Å². The lowest BCUT2D eigenvalue weighted by atomic mass is 9.85. The number of carbonyl (C=O) groups is 2. The number of nitrogens with two attached hydrogens (primary N) is 1. The third-order valence-corrected chi connectivity index (χ3v) is 5.98. The van der Waals surface area contributed by atoms with Crippen molar-refractivity contribution in [3.8, 4) is 0 Å². The zero-order valence-electron chi connectivity index (χ0n) is 12.9. The van der Waals surface area contributed by atoms with E-state index < -0.39 is 12.0 Å². The maximum absolute atomic E-state index is 12.5. The summed E-state index contributed by atoms with van der Waals surface area (Å²) >= 11 is 13.7. The van der Waals surface area contributed by atoms with Crippen molar-refractivity contribution in [1.82, 2.24) is 4.90 Å². The molecule has 0 fully saturated rings. The molecule has 0 radical (unpaired) electrons. The minimum absolute atomic E-state index is 0.0515. The monoisotopic (exact) mass is 390 g/mol. The van der Waals surface area contributed by atoms with Crippen LogP contribution < -0.4 is 5.73 Å². The average molecular weight is 391 g/mol. The largest absolute Gasteiger partial charge is 0.462 e. The molecule has 0 spiro atoms. The number of halogens is 2. The molecule has 9 heteroatoms. The average Bonchev–Trinajstić information content (AvgIpc) is 2.86. The van der Waals surface area contributed by atoms with E-state index in [1.807, 2.05) is 0 Å². The summed E-state index contributed by atoms with van der Waals surface area (Å²) in [5.74, 6) is 0.155. The van der Waals surface area contributed by atoms with Crippen LogP contribution in [0, 0.1) is 0 Å². The van der Waals surface area contributed by atoms with Crippen LogP contribution in [0.1, 0.15) is 26.2 Å². The molecule has 2 heterocycles. The number of ether oxygens (including phenoxy) is 2. The fourth-order valence-corrected chi connectivity index (χ4v) is 4.40. The molecule has 0 aromatic rings. The summed E-state index contributed by atoms with van der Waals surface area (Å²) in [6, 6.07) is -0.739. The Bertz CT molecular complexity index is 702. The van der Waals surface area contributed by atoms with Crippen LogP contribution in [0.15, 0.2) is 32.3 Å². The van der Waals surface area contributed by atoms with Gasteiger partial charge in [-0.25, -0.2) is 4.79 Å². The van der Waals surface area contributed by atoms with Crippen molar-refractivity contribution in [2.24, 2.45) is 5.73 Å². The number of rotatable bonds is 3. The summed E-state index contributed by atoms with van der Waals surface area (Å²) in [6.45, 7) is 1.88. The molecule has 0 saturated heterocycles. The van der Waals surface area contributed by atoms with Crippen LogP contribution in [0.5, 0.6) is 0 Å². The van der Waals surface area contributed by atoms with Crippen molar-refractivity contribution in [2.45, 2.75) is 32.2 Å². The van der Waals surface area contributed by atoms with Crippen LogP contribution >= 0.6 is 35.0 Å². The second-order valence-corrected chi connectivity index (χ2v) is 7.34. The van der Waals surface area contributed by atoms with Gasteiger partial charge in [-0.1, -0.05) is 35.0 Å². The van der Waals surface area contributed by atoms with Gasteiger partial charge in [0.05, 0.1) is 18.1 Å². The number of Topliss-reactive ketones (excluding diaryl/α,β-unsaturated/α-hetero) is 1. The molecule has 24 heavy (non-hydrogen) atoms. The Hall–Kier alpha value is -1.31. The van der Waals surface area contributed by atoms with Gasteiger partial charge in [0.15, 0.2) is 5.78 Å². The molecule has 3 aliphatic rings. The highest BCUT2D eigenvalue weighted by Gasteiger charge is 2.45. The number of ketones is 1. The van der Waals surface area contributed by atoms with Gasteiger partial charge in [0.2, 0.25) is 5.88 Å². The van der Waals surface area contributed by atoms with Gasteiger partial charge in [0.1, 0.15) is 26.9 Å². The van der Waals surface area contributed by atoms with Gasteiger partial charge < -0.3 is 20.1 Å². The minimum Gasteiger partial charge on any atom is -0.462 e. The molecule has 0 aromatic heterocycles. The molecular weight excluding hydrogens is 375 g/mol. The Labute approximate surface area is 153 Å². The summed E-state index contributed by atoms with van der Waals surface area (Å²) in [4.78, 5) is 26.7. The standard InChI is InChI=1S/C15H16Cl2N2O4S/c1-2-22-15(21)10-11(19-6-24-13(17)12(19)16)9-7(20)4-3-5-8(9)23-14(10)18/h11H,2-6,18H2,1H3. The number of hydrogen-bond acceptors (Lipinski definition) is 7. The highest BCUT2D eigenvalue weighted by atomic mass is 35.5. The van der Waals surface area contributed by atoms with E-state index in [9.17, 15) is 9.59 Å². The van der Waals surface area contributed by atoms with Gasteiger partial charge in [-0.05, 0) is 13.3 Å². The fourth-order valence-electron chi connectivity index (χ4n) is 2.99. The Morgan fingerprint density at radius 2 is 2.21 bits per heavy atom. The predicted molar refractivity (Wildman–Crippen MR) is 91.6 cm³/mol. The summed E-state index contributed by atoms with van der Waals surface area (Å²) in [7, 11) is 0. The van der Waals surface area contributed by atoms with Crippen molar-refractivity contribution in [1.29, 1.82) is 0 Å². The Kier molecular flexibility index (Phi) is 5.03. The molecular formula is C15H16Cl2N2O4S. The van der Waals surface area contributed by atoms with Gasteiger partial charge in [-0.2, -0.15) is 0 Å². The van der Waals surface area contributed by atoms with Crippen LogP contribution in [0.4, 0.5) is 0 Å². The van der Waals surface area contributed by atoms with Crippen molar-refractivity contribution in [3.63, 3.8) is 0 Å². The molecule has 0 bridgehead atoms. The molecule has 1 aliphatic carbocycles. The number of hydrogen-bond donors (Lipinski definition) is 1. The van der Waals surface area contributed by atoms with E-state index in [2.05, 4.69) is 0 Å². The predicted octanol–water partition coefficient (Wildman–Crippen LogP) is 2.74. The number of thioether (sulfide) groups is 1. The summed E-state index contributed by atoms with van der Waals surface area (Å²) in [5, 5.41) is 0.286. The Balaban J connectivity index is 2.11. The molecule has 0 aromatic carbocycles. The van der Waals surface area contributed by atoms with Gasteiger partial charge in [0, 0.05) is 12.8 Å². The molecule has 1 unspecified atom stereocenters. The van der Waals surface area contributed by atoms with Crippen molar-refractivity contribution in [2.75, 3.05) is 12.5 Å². The summed E-state index contributed by atoms with van der Waals surface area (Å²) in [6.07, 6.45) is 1.67. The SMILES string of the molecule is CCOC(=O)C1=C(N)OC2=C(C(=O)CCC2)C1N1CSC(Cl)=C1Cl. The Morgan fingerprint density at radius 1 is 1.46 bits per heavy atom. The lowest BCUT2D eigenvalue weighted by Gasteiger charge is -2.37. The molecule has 130 valence electrons. The first-order valence-corrected chi connectivity index (χ1v) is 9.25. The lowest BCUT2D eigenvalue weighted by molar-refractivity contribution is -0.139. The van der Waals surface area contributed by atoms with Crippen LogP contribution in [0.25, 0.3) is 0 Å². The van der Waals surface area contributed by atoms with E-state index in [1.54, 1.807) is 11.8 Å². The minimum atomic E-state index is -0.739. The van der Waals surface area contributed by atoms with Gasteiger partial charge in [-0.15, -0.1) is 0 Å². The normalized spacial score (nSPS) is 24.4. The maximum Gasteiger partial charge on any atom is 0.341 e. The van der Waals surface area contributed by atoms with Crippen LogP contribution in [-0.2, 0) is 19.1 Å². The van der Waals surface area contributed by atoms with Crippen molar-refractivity contribution >= 4 is 46.7 Å². The van der Waals surface area contributed by atoms with Gasteiger partial charge in [0.25, 0.3) is 0 Å². The van der Waals surface area contributed by atoms with E-state index in [-0.39, 0.29) is 29.0 Å². The quantitative estimate of drug-likeness (QED) is 0.585. The van der Waals surface area contributed by atoms with Gasteiger partial charge >= 0.3 is 5.97 Å². The second-order valence-electron chi connectivity index (χ2n) is 5.42. The van der Waals surface area contributed by atoms with Crippen LogP contribution in [0.3, 0.4) is 0 Å². The van der Waals surface area contributed by atoms with E-state index in [4.69, 9.17) is 38.4 Å². The van der Waals surface area contributed by atoms with E-state index in [1.165, 1.54) is 11.8 Å². The Morgan fingerprint density at radius 3 is 2.83 bits per heavy atom. The second kappa shape index (κ2) is 6.90. The van der Waals surface area contributed by atoms with Crippen LogP contribution in [0.2, 0.25) is 0 Å². The van der Waals surface area contributed by atoms with Crippen molar-refractivity contribution < 1.29 is 19.1 Å². The molecule has 0 saturated carbocycles. The lowest BCUT2D eigenvalue weighted by Crippen LogP contribution is -2.45. The number of esters is 1. The zero-order valence-corrected chi connectivity index (χ0v) is 15.3. The molecule has 6 nitrogen and oxygen atoms in total. The first kappa shape index (κ1) is 17.5.